The van der Waals surface area contributed by atoms with Gasteiger partial charge in [0.2, 0.25) is 5.13 Å². The van der Waals surface area contributed by atoms with Gasteiger partial charge < -0.3 is 5.32 Å². The molecule has 9 heteroatoms. The smallest absolute Gasteiger partial charge is 0.210 e. The number of nitrogens with zero attached hydrogens (tertiary/aromatic N) is 2. The highest BCUT2D eigenvalue weighted by atomic mass is 79.9. The molecule has 1 aromatic heterocycles. The van der Waals surface area contributed by atoms with Crippen molar-refractivity contribution in [2.45, 2.75) is 4.34 Å². The molecule has 108 valence electrons. The fourth-order valence-electron chi connectivity index (χ4n) is 1.29. The van der Waals surface area contributed by atoms with Crippen molar-refractivity contribution in [1.29, 1.82) is 0 Å². The van der Waals surface area contributed by atoms with Crippen molar-refractivity contribution >= 4 is 59.7 Å². The average Bonchev–Trinajstić information content (AvgIpc) is 2.75. The molecule has 0 fully saturated rings. The second-order valence-electron chi connectivity index (χ2n) is 3.99. The average molecular weight is 394 g/mol. The predicted molar refractivity (Wildman–Crippen MR) is 87.8 cm³/mol. The van der Waals surface area contributed by atoms with Gasteiger partial charge in [0.25, 0.3) is 0 Å². The molecule has 0 aliphatic rings. The first-order valence-corrected chi connectivity index (χ1v) is 10.2. The summed E-state index contributed by atoms with van der Waals surface area (Å²) in [5.41, 5.74) is 0.920. The van der Waals surface area contributed by atoms with Gasteiger partial charge in [0, 0.05) is 22.2 Å². The van der Waals surface area contributed by atoms with Crippen LogP contribution in [0.2, 0.25) is 0 Å². The molecule has 0 aliphatic carbocycles. The summed E-state index contributed by atoms with van der Waals surface area (Å²) in [7, 11) is -2.93. The third kappa shape index (κ3) is 5.39. The zero-order valence-corrected chi connectivity index (χ0v) is 14.6. The highest BCUT2D eigenvalue weighted by molar-refractivity contribution is 9.10. The van der Waals surface area contributed by atoms with Gasteiger partial charge in [0.15, 0.2) is 4.34 Å². The Morgan fingerprint density at radius 1 is 1.40 bits per heavy atom. The molecule has 5 nitrogen and oxygen atoms in total. The summed E-state index contributed by atoms with van der Waals surface area (Å²) in [6.07, 6.45) is 1.23. The van der Waals surface area contributed by atoms with Crippen LogP contribution in [0.4, 0.5) is 10.8 Å². The molecule has 20 heavy (non-hydrogen) atoms. The highest BCUT2D eigenvalue weighted by Gasteiger charge is 2.07. The van der Waals surface area contributed by atoms with E-state index in [-0.39, 0.29) is 5.75 Å². The Morgan fingerprint density at radius 3 is 2.90 bits per heavy atom. The number of sulfone groups is 1. The molecule has 1 aromatic carbocycles. The number of anilines is 2. The zero-order chi connectivity index (χ0) is 14.6. The second kappa shape index (κ2) is 6.88. The SMILES string of the molecule is CS(=O)(=O)CCSc1nnc(Nc2cccc(Br)c2)s1. The van der Waals surface area contributed by atoms with Gasteiger partial charge in [-0.15, -0.1) is 10.2 Å². The molecule has 0 unspecified atom stereocenters. The largest absolute Gasteiger partial charge is 0.330 e. The van der Waals surface area contributed by atoms with Gasteiger partial charge in [-0.2, -0.15) is 0 Å². The maximum absolute atomic E-state index is 11.0. The summed E-state index contributed by atoms with van der Waals surface area (Å²) in [5, 5.41) is 11.9. The van der Waals surface area contributed by atoms with E-state index in [2.05, 4.69) is 31.4 Å². The zero-order valence-electron chi connectivity index (χ0n) is 10.5. The first kappa shape index (κ1) is 15.7. The quantitative estimate of drug-likeness (QED) is 0.759. The Hall–Kier alpha value is -0.640. The minimum Gasteiger partial charge on any atom is -0.330 e. The standard InChI is InChI=1S/C11H12BrN3O2S3/c1-20(16,17)6-5-18-11-15-14-10(19-11)13-9-4-2-3-8(12)7-9/h2-4,7H,5-6H2,1H3,(H,13,14). The fraction of sp³-hybridized carbons (Fsp3) is 0.273. The molecule has 0 saturated heterocycles. The molecular formula is C11H12BrN3O2S3. The van der Waals surface area contributed by atoms with Crippen LogP contribution < -0.4 is 5.32 Å². The molecule has 0 bridgehead atoms. The lowest BCUT2D eigenvalue weighted by atomic mass is 10.3. The van der Waals surface area contributed by atoms with Crippen molar-refractivity contribution < 1.29 is 8.42 Å². The van der Waals surface area contributed by atoms with Gasteiger partial charge in [-0.25, -0.2) is 8.42 Å². The minimum atomic E-state index is -2.93. The van der Waals surface area contributed by atoms with Crippen molar-refractivity contribution in [2.75, 3.05) is 23.1 Å². The van der Waals surface area contributed by atoms with Gasteiger partial charge >= 0.3 is 0 Å². The van der Waals surface area contributed by atoms with Crippen LogP contribution in [0.5, 0.6) is 0 Å². The lowest BCUT2D eigenvalue weighted by Gasteiger charge is -2.01. The van der Waals surface area contributed by atoms with E-state index in [1.165, 1.54) is 29.4 Å². The Labute approximate surface area is 134 Å². The van der Waals surface area contributed by atoms with Crippen molar-refractivity contribution in [3.63, 3.8) is 0 Å². The third-order valence-corrected chi connectivity index (χ3v) is 5.83. The number of hydrogen-bond acceptors (Lipinski definition) is 7. The van der Waals surface area contributed by atoms with Crippen LogP contribution in [0.15, 0.2) is 33.1 Å². The van der Waals surface area contributed by atoms with Crippen LogP contribution in [-0.4, -0.2) is 36.4 Å². The molecule has 0 atom stereocenters. The van der Waals surface area contributed by atoms with E-state index in [1.54, 1.807) is 0 Å². The first-order chi connectivity index (χ1) is 9.42. The van der Waals surface area contributed by atoms with E-state index in [1.807, 2.05) is 24.3 Å². The normalized spacial score (nSPS) is 11.5. The van der Waals surface area contributed by atoms with E-state index in [4.69, 9.17) is 0 Å². The van der Waals surface area contributed by atoms with Crippen molar-refractivity contribution in [3.8, 4) is 0 Å². The molecule has 0 saturated carbocycles. The number of thioether (sulfide) groups is 1. The summed E-state index contributed by atoms with van der Waals surface area (Å²) >= 11 is 6.20. The Balaban J connectivity index is 1.92. The Bertz CT molecular complexity index is 688. The summed E-state index contributed by atoms with van der Waals surface area (Å²) in [4.78, 5) is 0. The van der Waals surface area contributed by atoms with Gasteiger partial charge in [0.05, 0.1) is 5.75 Å². The van der Waals surface area contributed by atoms with Gasteiger partial charge in [0.1, 0.15) is 9.84 Å². The van der Waals surface area contributed by atoms with Crippen LogP contribution >= 0.6 is 39.0 Å². The molecule has 0 aliphatic heterocycles. The third-order valence-electron chi connectivity index (χ3n) is 2.16. The lowest BCUT2D eigenvalue weighted by Crippen LogP contribution is -2.04. The number of benzene rings is 1. The molecule has 2 rings (SSSR count). The van der Waals surface area contributed by atoms with E-state index in [0.29, 0.717) is 10.9 Å². The maximum atomic E-state index is 11.0. The topological polar surface area (TPSA) is 72.0 Å². The lowest BCUT2D eigenvalue weighted by molar-refractivity contribution is 0.603. The molecule has 2 aromatic rings. The second-order valence-corrected chi connectivity index (χ2v) is 9.48. The van der Waals surface area contributed by atoms with E-state index < -0.39 is 9.84 Å². The van der Waals surface area contributed by atoms with E-state index in [9.17, 15) is 8.42 Å². The molecule has 0 amide bonds. The van der Waals surface area contributed by atoms with Crippen LogP contribution in [0.25, 0.3) is 0 Å². The van der Waals surface area contributed by atoms with Crippen LogP contribution in [0.3, 0.4) is 0 Å². The fourth-order valence-corrected chi connectivity index (χ4v) is 4.73. The number of aromatic nitrogens is 2. The van der Waals surface area contributed by atoms with Gasteiger partial charge in [-0.1, -0.05) is 45.1 Å². The number of nitrogens with one attached hydrogen (secondary N) is 1. The maximum Gasteiger partial charge on any atom is 0.210 e. The Morgan fingerprint density at radius 2 is 2.20 bits per heavy atom. The van der Waals surface area contributed by atoms with Crippen LogP contribution in [-0.2, 0) is 9.84 Å². The first-order valence-electron chi connectivity index (χ1n) is 5.59. The predicted octanol–water partition coefficient (Wildman–Crippen LogP) is 3.18. The minimum absolute atomic E-state index is 0.144. The number of halogens is 1. The highest BCUT2D eigenvalue weighted by Crippen LogP contribution is 2.28. The van der Waals surface area contributed by atoms with Crippen LogP contribution in [0, 0.1) is 0 Å². The number of hydrogen-bond donors (Lipinski definition) is 1. The molecule has 0 spiro atoms. The van der Waals surface area contributed by atoms with Crippen molar-refractivity contribution in [3.05, 3.63) is 28.7 Å². The van der Waals surface area contributed by atoms with Crippen LogP contribution in [0.1, 0.15) is 0 Å². The Kier molecular flexibility index (Phi) is 5.42. The summed E-state index contributed by atoms with van der Waals surface area (Å²) < 4.78 is 23.8. The van der Waals surface area contributed by atoms with Gasteiger partial charge in [-0.05, 0) is 18.2 Å². The van der Waals surface area contributed by atoms with E-state index in [0.717, 1.165) is 14.5 Å². The van der Waals surface area contributed by atoms with E-state index >= 15 is 0 Å². The summed E-state index contributed by atoms with van der Waals surface area (Å²) in [6, 6.07) is 7.74. The molecule has 0 radical (unpaired) electrons. The molecular weight excluding hydrogens is 382 g/mol. The molecule has 1 N–H and O–H groups in total. The molecule has 1 heterocycles. The summed E-state index contributed by atoms with van der Waals surface area (Å²) in [6.45, 7) is 0. The van der Waals surface area contributed by atoms with Crippen molar-refractivity contribution in [1.82, 2.24) is 10.2 Å². The monoisotopic (exact) mass is 393 g/mol. The van der Waals surface area contributed by atoms with Gasteiger partial charge in [-0.3, -0.25) is 0 Å². The summed E-state index contributed by atoms with van der Waals surface area (Å²) in [5.74, 6) is 0.635. The number of rotatable bonds is 6. The van der Waals surface area contributed by atoms with Crippen molar-refractivity contribution in [2.24, 2.45) is 0 Å².